The van der Waals surface area contributed by atoms with Crippen LogP contribution in [0.5, 0.6) is 11.5 Å². The fraction of sp³-hybridized carbons (Fsp3) is 0.286. The molecule has 8 heteroatoms. The highest BCUT2D eigenvalue weighted by molar-refractivity contribution is 7.98. The molecule has 0 aliphatic heterocycles. The predicted molar refractivity (Wildman–Crippen MR) is 120 cm³/mol. The molecule has 0 unspecified atom stereocenters. The molecule has 1 aliphatic rings. The number of aromatic nitrogens is 3. The normalized spacial score (nSPS) is 13.0. The van der Waals surface area contributed by atoms with Crippen LogP contribution in [0.4, 0.5) is 0 Å². The molecule has 1 aliphatic carbocycles. The molecule has 5 rings (SSSR count). The van der Waals surface area contributed by atoms with Gasteiger partial charge < -0.3 is 9.47 Å². The average molecular weight is 442 g/mol. The average Bonchev–Trinajstić information content (AvgIpc) is 3.47. The van der Waals surface area contributed by atoms with E-state index >= 15 is 0 Å². The van der Waals surface area contributed by atoms with Crippen LogP contribution < -0.4 is 9.47 Å². The van der Waals surface area contributed by atoms with Gasteiger partial charge in [0.2, 0.25) is 0 Å². The second-order valence-corrected chi connectivity index (χ2v) is 9.62. The quantitative estimate of drug-likeness (QED) is 0.286. The molecule has 148 valence electrons. The van der Waals surface area contributed by atoms with Gasteiger partial charge in [-0.05, 0) is 37.0 Å². The summed E-state index contributed by atoms with van der Waals surface area (Å²) in [7, 11) is 3.32. The van der Waals surface area contributed by atoms with Crippen LogP contribution in [0.1, 0.15) is 22.6 Å². The summed E-state index contributed by atoms with van der Waals surface area (Å²) in [5.41, 5.74) is 3.50. The van der Waals surface area contributed by atoms with Gasteiger partial charge in [0.15, 0.2) is 0 Å². The summed E-state index contributed by atoms with van der Waals surface area (Å²) in [5, 5.41) is 5.40. The smallest absolute Gasteiger partial charge is 0.132 e. The topological polar surface area (TPSA) is 57.1 Å². The van der Waals surface area contributed by atoms with Gasteiger partial charge in [-0.25, -0.2) is 15.0 Å². The van der Waals surface area contributed by atoms with Crippen molar-refractivity contribution in [1.29, 1.82) is 0 Å². The Labute approximate surface area is 181 Å². The molecule has 3 aromatic heterocycles. The van der Waals surface area contributed by atoms with Crippen molar-refractivity contribution in [3.05, 3.63) is 46.0 Å². The molecule has 0 saturated carbocycles. The van der Waals surface area contributed by atoms with Gasteiger partial charge in [-0.15, -0.1) is 22.7 Å². The SMILES string of the molecule is COc1ccc(-c2nc(CSc3ncnc4sc5c(c34)CCC5)cs2)c(OC)c1. The molecule has 29 heavy (non-hydrogen) atoms. The van der Waals surface area contributed by atoms with E-state index in [1.54, 1.807) is 43.6 Å². The first-order valence-corrected chi connectivity index (χ1v) is 12.0. The van der Waals surface area contributed by atoms with Crippen molar-refractivity contribution < 1.29 is 9.47 Å². The van der Waals surface area contributed by atoms with Crippen LogP contribution in [0.2, 0.25) is 0 Å². The molecule has 4 aromatic rings. The summed E-state index contributed by atoms with van der Waals surface area (Å²) in [6.45, 7) is 0. The lowest BCUT2D eigenvalue weighted by molar-refractivity contribution is 0.395. The summed E-state index contributed by atoms with van der Waals surface area (Å²) in [4.78, 5) is 16.5. The van der Waals surface area contributed by atoms with Gasteiger partial charge in [0.25, 0.3) is 0 Å². The zero-order valence-electron chi connectivity index (χ0n) is 16.1. The first-order valence-electron chi connectivity index (χ1n) is 9.31. The molecule has 1 aromatic carbocycles. The number of thiophene rings is 1. The summed E-state index contributed by atoms with van der Waals surface area (Å²) >= 11 is 5.21. The molecule has 3 heterocycles. The van der Waals surface area contributed by atoms with Crippen molar-refractivity contribution in [1.82, 2.24) is 15.0 Å². The number of fused-ring (bicyclic) bond motifs is 3. The molecule has 0 bridgehead atoms. The third-order valence-electron chi connectivity index (χ3n) is 5.01. The lowest BCUT2D eigenvalue weighted by Gasteiger charge is -2.08. The minimum atomic E-state index is 0.768. The monoisotopic (exact) mass is 441 g/mol. The van der Waals surface area contributed by atoms with Crippen molar-refractivity contribution in [2.24, 2.45) is 0 Å². The first-order chi connectivity index (χ1) is 14.3. The Hall–Kier alpha value is -2.16. The minimum Gasteiger partial charge on any atom is -0.497 e. The van der Waals surface area contributed by atoms with Crippen LogP contribution >= 0.6 is 34.4 Å². The van der Waals surface area contributed by atoms with Crippen LogP contribution in [0.3, 0.4) is 0 Å². The summed E-state index contributed by atoms with van der Waals surface area (Å²) in [6.07, 6.45) is 5.26. The second kappa shape index (κ2) is 7.93. The molecule has 0 spiro atoms. The lowest BCUT2D eigenvalue weighted by Crippen LogP contribution is -1.91. The summed E-state index contributed by atoms with van der Waals surface area (Å²) < 4.78 is 10.8. The molecule has 0 radical (unpaired) electrons. The Morgan fingerprint density at radius 1 is 1.14 bits per heavy atom. The van der Waals surface area contributed by atoms with Gasteiger partial charge in [-0.2, -0.15) is 0 Å². The third kappa shape index (κ3) is 3.49. The predicted octanol–water partition coefficient (Wildman–Crippen LogP) is 5.61. The number of methoxy groups -OCH3 is 2. The second-order valence-electron chi connectivity index (χ2n) is 6.72. The number of benzene rings is 1. The van der Waals surface area contributed by atoms with Crippen LogP contribution in [-0.2, 0) is 18.6 Å². The van der Waals surface area contributed by atoms with E-state index in [4.69, 9.17) is 14.5 Å². The molecule has 5 nitrogen and oxygen atoms in total. The standard InChI is InChI=1S/C21H19N3O2S3/c1-25-13-6-7-14(16(8-13)26-2)19-24-12(9-27-19)10-28-20-18-15-4-3-5-17(15)29-21(18)23-11-22-20/h6-9,11H,3-5,10H2,1-2H3. The highest BCUT2D eigenvalue weighted by Gasteiger charge is 2.21. The molecular formula is C21H19N3O2S3. The number of hydrogen-bond acceptors (Lipinski definition) is 8. The van der Waals surface area contributed by atoms with E-state index in [1.165, 1.54) is 28.7 Å². The Balaban J connectivity index is 1.39. The number of rotatable bonds is 6. The van der Waals surface area contributed by atoms with E-state index in [9.17, 15) is 0 Å². The van der Waals surface area contributed by atoms with Crippen LogP contribution in [0, 0.1) is 0 Å². The zero-order valence-corrected chi connectivity index (χ0v) is 18.5. The number of ether oxygens (including phenoxy) is 2. The highest BCUT2D eigenvalue weighted by atomic mass is 32.2. The van der Waals surface area contributed by atoms with E-state index in [0.717, 1.165) is 49.8 Å². The maximum absolute atomic E-state index is 5.53. The Bertz CT molecular complexity index is 1190. The fourth-order valence-electron chi connectivity index (χ4n) is 3.62. The summed E-state index contributed by atoms with van der Waals surface area (Å²) in [6, 6.07) is 5.82. The summed E-state index contributed by atoms with van der Waals surface area (Å²) in [5.74, 6) is 2.32. The number of thioether (sulfide) groups is 1. The van der Waals surface area contributed by atoms with E-state index in [2.05, 4.69) is 15.3 Å². The van der Waals surface area contributed by atoms with Crippen molar-refractivity contribution >= 4 is 44.7 Å². The molecule has 0 N–H and O–H groups in total. The molecule has 0 amide bonds. The van der Waals surface area contributed by atoms with Crippen molar-refractivity contribution in [2.45, 2.75) is 30.0 Å². The lowest BCUT2D eigenvalue weighted by atomic mass is 10.2. The zero-order chi connectivity index (χ0) is 19.8. The van der Waals surface area contributed by atoms with Crippen LogP contribution in [-0.4, -0.2) is 29.2 Å². The maximum atomic E-state index is 5.53. The largest absolute Gasteiger partial charge is 0.497 e. The number of thiazole rings is 1. The molecule has 0 fully saturated rings. The van der Waals surface area contributed by atoms with E-state index in [-0.39, 0.29) is 0 Å². The van der Waals surface area contributed by atoms with Gasteiger partial charge in [0.1, 0.15) is 32.7 Å². The minimum absolute atomic E-state index is 0.768. The van der Waals surface area contributed by atoms with Crippen molar-refractivity contribution in [2.75, 3.05) is 14.2 Å². The molecule has 0 saturated heterocycles. The third-order valence-corrected chi connectivity index (χ3v) is 8.16. The Morgan fingerprint density at radius 2 is 2.07 bits per heavy atom. The highest BCUT2D eigenvalue weighted by Crippen LogP contribution is 2.41. The van der Waals surface area contributed by atoms with Crippen LogP contribution in [0.15, 0.2) is 34.9 Å². The fourth-order valence-corrected chi connectivity index (χ4v) is 6.79. The Morgan fingerprint density at radius 3 is 2.93 bits per heavy atom. The van der Waals surface area contributed by atoms with E-state index < -0.39 is 0 Å². The van der Waals surface area contributed by atoms with E-state index in [1.807, 2.05) is 29.5 Å². The van der Waals surface area contributed by atoms with Gasteiger partial charge in [0.05, 0.1) is 25.5 Å². The Kier molecular flexibility index (Phi) is 5.15. The van der Waals surface area contributed by atoms with Crippen LogP contribution in [0.25, 0.3) is 20.8 Å². The number of hydrogen-bond donors (Lipinski definition) is 0. The molecule has 0 atom stereocenters. The number of aryl methyl sites for hydroxylation is 2. The number of nitrogens with zero attached hydrogens (tertiary/aromatic N) is 3. The van der Waals surface area contributed by atoms with E-state index in [0.29, 0.717) is 0 Å². The van der Waals surface area contributed by atoms with Gasteiger partial charge in [0, 0.05) is 27.5 Å². The van der Waals surface area contributed by atoms with Gasteiger partial charge >= 0.3 is 0 Å². The van der Waals surface area contributed by atoms with Crippen molar-refractivity contribution in [3.8, 4) is 22.1 Å². The van der Waals surface area contributed by atoms with Gasteiger partial charge in [-0.3, -0.25) is 0 Å². The van der Waals surface area contributed by atoms with Crippen molar-refractivity contribution in [3.63, 3.8) is 0 Å². The maximum Gasteiger partial charge on any atom is 0.132 e. The molecular weight excluding hydrogens is 422 g/mol. The first kappa shape index (κ1) is 18.8. The van der Waals surface area contributed by atoms with Gasteiger partial charge in [-0.1, -0.05) is 11.8 Å².